The number of fused-ring (bicyclic) bond motifs is 1. The summed E-state index contributed by atoms with van der Waals surface area (Å²) in [5, 5.41) is 11.0. The highest BCUT2D eigenvalue weighted by Crippen LogP contribution is 2.28. The third kappa shape index (κ3) is 4.70. The first-order valence-corrected chi connectivity index (χ1v) is 12.6. The second-order valence-electron chi connectivity index (χ2n) is 7.46. The molecule has 1 aliphatic rings. The number of carbonyl (C=O) groups excluding carboxylic acids is 1. The van der Waals surface area contributed by atoms with E-state index in [9.17, 15) is 17.6 Å². The van der Waals surface area contributed by atoms with E-state index < -0.39 is 28.3 Å². The Kier molecular flexibility index (Phi) is 6.61. The lowest BCUT2D eigenvalue weighted by Crippen LogP contribution is -2.34. The molecule has 0 atom stereocenters. The molecule has 3 aromatic rings. The molecule has 0 radical (unpaired) electrons. The summed E-state index contributed by atoms with van der Waals surface area (Å²) in [5.41, 5.74) is 0.569. The maximum absolute atomic E-state index is 14.4. The van der Waals surface area contributed by atoms with E-state index >= 15 is 0 Å². The second-order valence-corrected chi connectivity index (χ2v) is 11.5. The Bertz CT molecular complexity index is 1260. The Hall–Kier alpha value is -2.34. The number of halogens is 2. The summed E-state index contributed by atoms with van der Waals surface area (Å²) in [6.07, 6.45) is 4.02. The maximum atomic E-state index is 14.4. The monoisotopic (exact) mass is 497 g/mol. The zero-order valence-electron chi connectivity index (χ0n) is 17.2. The molecule has 1 N–H and O–H groups in total. The number of hydrogen-bond acceptors (Lipinski definition) is 6. The van der Waals surface area contributed by atoms with E-state index in [1.807, 2.05) is 4.57 Å². The van der Waals surface area contributed by atoms with Crippen LogP contribution in [0.25, 0.3) is 11.4 Å². The molecule has 0 bridgehead atoms. The van der Waals surface area contributed by atoms with Gasteiger partial charge in [-0.15, -0.1) is 21.5 Å². The molecule has 0 saturated carbocycles. The van der Waals surface area contributed by atoms with Crippen molar-refractivity contribution in [3.05, 3.63) is 46.3 Å². The minimum atomic E-state index is -3.88. The molecular weight excluding hydrogens is 477 g/mol. The molecule has 8 nitrogen and oxygen atoms in total. The van der Waals surface area contributed by atoms with E-state index in [2.05, 4.69) is 15.5 Å². The lowest BCUT2D eigenvalue weighted by Gasteiger charge is -2.16. The molecule has 1 aliphatic heterocycles. The highest BCUT2D eigenvalue weighted by Gasteiger charge is 2.25. The lowest BCUT2D eigenvalue weighted by molar-refractivity contribution is -0.116. The van der Waals surface area contributed by atoms with E-state index in [1.165, 1.54) is 31.3 Å². The van der Waals surface area contributed by atoms with E-state index in [4.69, 9.17) is 11.6 Å². The van der Waals surface area contributed by atoms with Gasteiger partial charge in [-0.2, -0.15) is 4.31 Å². The van der Waals surface area contributed by atoms with Crippen molar-refractivity contribution < 1.29 is 17.6 Å². The highest BCUT2D eigenvalue weighted by atomic mass is 35.5. The Morgan fingerprint density at radius 1 is 1.25 bits per heavy atom. The quantitative estimate of drug-likeness (QED) is 0.559. The van der Waals surface area contributed by atoms with Crippen molar-refractivity contribution in [3.8, 4) is 11.4 Å². The zero-order chi connectivity index (χ0) is 22.9. The average molecular weight is 498 g/mol. The van der Waals surface area contributed by atoms with Crippen LogP contribution in [0.15, 0.2) is 34.5 Å². The van der Waals surface area contributed by atoms with E-state index in [-0.39, 0.29) is 9.90 Å². The highest BCUT2D eigenvalue weighted by molar-refractivity contribution is 7.91. The SMILES string of the molecule is CN(CC(=O)Nc1cc(-c2nnc3n2CCCCC3)ccc1F)S(=O)(=O)c1ccc(Cl)s1. The molecule has 4 rings (SSSR count). The summed E-state index contributed by atoms with van der Waals surface area (Å²) >= 11 is 6.71. The molecule has 1 aromatic carbocycles. The van der Waals surface area contributed by atoms with Crippen LogP contribution in [0.3, 0.4) is 0 Å². The largest absolute Gasteiger partial charge is 0.322 e. The van der Waals surface area contributed by atoms with Gasteiger partial charge in [-0.1, -0.05) is 18.0 Å². The number of thiophene rings is 1. The summed E-state index contributed by atoms with van der Waals surface area (Å²) in [6.45, 7) is 0.300. The summed E-state index contributed by atoms with van der Waals surface area (Å²) in [7, 11) is -2.60. The fourth-order valence-electron chi connectivity index (χ4n) is 3.53. The predicted octanol–water partition coefficient (Wildman–Crippen LogP) is 3.78. The molecular formula is C20H21ClFN5O3S2. The van der Waals surface area contributed by atoms with E-state index in [0.717, 1.165) is 53.7 Å². The molecule has 170 valence electrons. The van der Waals surface area contributed by atoms with Gasteiger partial charge in [0.25, 0.3) is 10.0 Å². The van der Waals surface area contributed by atoms with Crippen LogP contribution in [0.2, 0.25) is 4.34 Å². The summed E-state index contributed by atoms with van der Waals surface area (Å²) < 4.78 is 42.8. The fourth-order valence-corrected chi connectivity index (χ4v) is 6.35. The van der Waals surface area contributed by atoms with Gasteiger partial charge in [-0.05, 0) is 43.2 Å². The van der Waals surface area contributed by atoms with Crippen molar-refractivity contribution in [1.82, 2.24) is 19.1 Å². The van der Waals surface area contributed by atoms with E-state index in [0.29, 0.717) is 15.7 Å². The summed E-state index contributed by atoms with van der Waals surface area (Å²) in [6, 6.07) is 7.17. The van der Waals surface area contributed by atoms with Crippen LogP contribution in [0, 0.1) is 5.82 Å². The lowest BCUT2D eigenvalue weighted by atomic mass is 10.1. The van der Waals surface area contributed by atoms with Gasteiger partial charge in [-0.3, -0.25) is 4.79 Å². The summed E-state index contributed by atoms with van der Waals surface area (Å²) in [4.78, 5) is 12.5. The summed E-state index contributed by atoms with van der Waals surface area (Å²) in [5.74, 6) is 0.211. The fraction of sp³-hybridized carbons (Fsp3) is 0.350. The third-order valence-corrected chi connectivity index (χ3v) is 8.69. The van der Waals surface area contributed by atoms with Gasteiger partial charge in [0, 0.05) is 25.6 Å². The van der Waals surface area contributed by atoms with Crippen molar-refractivity contribution in [2.45, 2.75) is 36.4 Å². The number of aryl methyl sites for hydroxylation is 1. The molecule has 3 heterocycles. The molecule has 32 heavy (non-hydrogen) atoms. The second kappa shape index (κ2) is 9.26. The number of sulfonamides is 1. The first kappa shape index (κ1) is 22.8. The van der Waals surface area contributed by atoms with Gasteiger partial charge in [0.15, 0.2) is 5.82 Å². The number of likely N-dealkylation sites (N-methyl/N-ethyl adjacent to an activating group) is 1. The van der Waals surface area contributed by atoms with Crippen molar-refractivity contribution in [3.63, 3.8) is 0 Å². The van der Waals surface area contributed by atoms with Crippen LogP contribution >= 0.6 is 22.9 Å². The predicted molar refractivity (Wildman–Crippen MR) is 121 cm³/mol. The molecule has 0 fully saturated rings. The van der Waals surface area contributed by atoms with Crippen LogP contribution in [0.4, 0.5) is 10.1 Å². The zero-order valence-corrected chi connectivity index (χ0v) is 19.6. The molecule has 2 aromatic heterocycles. The van der Waals surface area contributed by atoms with Crippen LogP contribution in [-0.2, 0) is 27.8 Å². The normalized spacial score (nSPS) is 14.2. The number of amides is 1. The first-order chi connectivity index (χ1) is 15.3. The van der Waals surface area contributed by atoms with Gasteiger partial charge in [0.05, 0.1) is 16.6 Å². The molecule has 0 spiro atoms. The number of nitrogens with one attached hydrogen (secondary N) is 1. The van der Waals surface area contributed by atoms with Crippen molar-refractivity contribution in [2.24, 2.45) is 0 Å². The smallest absolute Gasteiger partial charge is 0.252 e. The minimum Gasteiger partial charge on any atom is -0.322 e. The number of rotatable bonds is 6. The van der Waals surface area contributed by atoms with Gasteiger partial charge in [-0.25, -0.2) is 12.8 Å². The average Bonchev–Trinajstić information content (AvgIpc) is 3.29. The Morgan fingerprint density at radius 3 is 2.81 bits per heavy atom. The Balaban J connectivity index is 1.51. The van der Waals surface area contributed by atoms with Gasteiger partial charge >= 0.3 is 0 Å². The molecule has 0 aliphatic carbocycles. The molecule has 0 unspecified atom stereocenters. The molecule has 1 amide bonds. The van der Waals surface area contributed by atoms with Crippen molar-refractivity contribution >= 4 is 44.6 Å². The number of anilines is 1. The number of aromatic nitrogens is 3. The van der Waals surface area contributed by atoms with Gasteiger partial charge < -0.3 is 9.88 Å². The van der Waals surface area contributed by atoms with Gasteiger partial charge in [0.2, 0.25) is 5.91 Å². The Morgan fingerprint density at radius 2 is 2.06 bits per heavy atom. The standard InChI is InChI=1S/C20H21ClFN5O3S2/c1-26(32(29,30)19-9-8-16(21)31-19)12-18(28)23-15-11-13(6-7-14(15)22)20-25-24-17-5-3-2-4-10-27(17)20/h6-9,11H,2-5,10,12H2,1H3,(H,23,28). The van der Waals surface area contributed by atoms with Crippen LogP contribution < -0.4 is 5.32 Å². The maximum Gasteiger partial charge on any atom is 0.252 e. The van der Waals surface area contributed by atoms with Gasteiger partial charge in [0.1, 0.15) is 15.9 Å². The topological polar surface area (TPSA) is 97.2 Å². The Labute approximate surface area is 194 Å². The molecule has 12 heteroatoms. The van der Waals surface area contributed by atoms with Crippen molar-refractivity contribution in [2.75, 3.05) is 18.9 Å². The number of hydrogen-bond donors (Lipinski definition) is 1. The number of benzene rings is 1. The minimum absolute atomic E-state index is 0.0264. The van der Waals surface area contributed by atoms with Crippen molar-refractivity contribution in [1.29, 1.82) is 0 Å². The third-order valence-electron chi connectivity index (χ3n) is 5.19. The van der Waals surface area contributed by atoms with E-state index in [1.54, 1.807) is 6.07 Å². The first-order valence-electron chi connectivity index (χ1n) is 9.99. The number of carbonyl (C=O) groups is 1. The van der Waals surface area contributed by atoms with Crippen LogP contribution in [-0.4, -0.2) is 47.0 Å². The van der Waals surface area contributed by atoms with Crippen LogP contribution in [0.5, 0.6) is 0 Å². The molecule has 0 saturated heterocycles. The number of nitrogens with zero attached hydrogens (tertiary/aromatic N) is 4. The van der Waals surface area contributed by atoms with Crippen LogP contribution in [0.1, 0.15) is 25.1 Å².